The van der Waals surface area contributed by atoms with Gasteiger partial charge in [-0.05, 0) is 0 Å². The van der Waals surface area contributed by atoms with E-state index in [0.29, 0.717) is 13.4 Å². The van der Waals surface area contributed by atoms with Crippen molar-refractivity contribution in [1.29, 1.82) is 0 Å². The molecule has 0 aromatic rings. The van der Waals surface area contributed by atoms with Crippen molar-refractivity contribution >= 4 is 8.07 Å². The first-order valence-electron chi connectivity index (χ1n) is 3.71. The van der Waals surface area contributed by atoms with E-state index in [0.717, 1.165) is 0 Å². The van der Waals surface area contributed by atoms with Crippen LogP contribution in [0.3, 0.4) is 0 Å². The number of ether oxygens (including phenoxy) is 2. The van der Waals surface area contributed by atoms with Gasteiger partial charge in [-0.15, -0.1) is 0 Å². The van der Waals surface area contributed by atoms with Crippen LogP contribution >= 0.6 is 0 Å². The molecule has 0 bridgehead atoms. The zero-order valence-electron chi connectivity index (χ0n) is 8.81. The Morgan fingerprint density at radius 1 is 1.33 bits per heavy atom. The molecular formula is C8H17LiO2Si. The largest absolute Gasteiger partial charge is 1.00 e. The Morgan fingerprint density at radius 3 is 2.33 bits per heavy atom. The molecule has 0 spiro atoms. The van der Waals surface area contributed by atoms with Crippen LogP contribution in [-0.2, 0) is 9.47 Å². The average molecular weight is 180 g/mol. The van der Waals surface area contributed by atoms with Crippen molar-refractivity contribution in [2.45, 2.75) is 19.6 Å². The average Bonchev–Trinajstić information content (AvgIpc) is 1.85. The van der Waals surface area contributed by atoms with Crippen LogP contribution in [0.2, 0.25) is 19.6 Å². The minimum atomic E-state index is -1.07. The Kier molecular flexibility index (Phi) is 10.1. The number of methoxy groups -OCH3 is 1. The first-order chi connectivity index (χ1) is 5.06. The quantitative estimate of drug-likeness (QED) is 0.230. The maximum atomic E-state index is 5.04. The van der Waals surface area contributed by atoms with E-state index in [-0.39, 0.29) is 18.9 Å². The zero-order valence-corrected chi connectivity index (χ0v) is 9.81. The van der Waals surface area contributed by atoms with E-state index in [9.17, 15) is 0 Å². The first-order valence-corrected chi connectivity index (χ1v) is 7.28. The molecule has 0 aliphatic carbocycles. The van der Waals surface area contributed by atoms with Crippen molar-refractivity contribution in [3.8, 4) is 0 Å². The number of rotatable bonds is 5. The molecule has 12 heavy (non-hydrogen) atoms. The smallest absolute Gasteiger partial charge is 0.478 e. The van der Waals surface area contributed by atoms with E-state index < -0.39 is 8.07 Å². The topological polar surface area (TPSA) is 18.5 Å². The summed E-state index contributed by atoms with van der Waals surface area (Å²) >= 11 is 0. The van der Waals surface area contributed by atoms with Crippen molar-refractivity contribution in [2.24, 2.45) is 0 Å². The van der Waals surface area contributed by atoms with Crippen molar-refractivity contribution in [2.75, 3.05) is 20.5 Å². The SMILES string of the molecule is COCOC[C-]=C[Si](C)(C)C.[Li+]. The third kappa shape index (κ3) is 13.1. The summed E-state index contributed by atoms with van der Waals surface area (Å²) in [5.74, 6) is 0. The molecule has 0 saturated carbocycles. The molecule has 0 aromatic carbocycles. The molecule has 0 aromatic heterocycles. The van der Waals surface area contributed by atoms with Crippen LogP contribution in [-0.4, -0.2) is 28.6 Å². The van der Waals surface area contributed by atoms with Crippen LogP contribution in [0, 0.1) is 6.08 Å². The molecule has 4 heteroatoms. The molecule has 2 nitrogen and oxygen atoms in total. The standard InChI is InChI=1S/C8H17O2Si.Li/c1-9-8-10-6-5-7-11(2,3)4;/h7H,6,8H2,1-4H3;/q-1;+1. The molecule has 0 aliphatic heterocycles. The van der Waals surface area contributed by atoms with Gasteiger partial charge in [-0.3, -0.25) is 5.70 Å². The van der Waals surface area contributed by atoms with Crippen molar-refractivity contribution in [3.05, 3.63) is 11.8 Å². The number of hydrogen-bond acceptors (Lipinski definition) is 2. The van der Waals surface area contributed by atoms with Crippen LogP contribution in [0.4, 0.5) is 0 Å². The van der Waals surface area contributed by atoms with Gasteiger partial charge in [0.25, 0.3) is 0 Å². The van der Waals surface area contributed by atoms with E-state index in [2.05, 4.69) is 31.4 Å². The van der Waals surface area contributed by atoms with Crippen LogP contribution in [0.1, 0.15) is 0 Å². The molecule has 0 N–H and O–H groups in total. The second kappa shape index (κ2) is 8.09. The Balaban J connectivity index is 0. The van der Waals surface area contributed by atoms with Gasteiger partial charge in [0.15, 0.2) is 0 Å². The van der Waals surface area contributed by atoms with Gasteiger partial charge in [-0.1, -0.05) is 26.2 Å². The zero-order chi connectivity index (χ0) is 8.74. The predicted octanol–water partition coefficient (Wildman–Crippen LogP) is -1.15. The molecule has 0 atom stereocenters. The summed E-state index contributed by atoms with van der Waals surface area (Å²) < 4.78 is 9.75. The predicted molar refractivity (Wildman–Crippen MR) is 49.0 cm³/mol. The molecule has 0 fully saturated rings. The van der Waals surface area contributed by atoms with Gasteiger partial charge in [-0.2, -0.15) is 0 Å². The maximum Gasteiger partial charge on any atom is 1.00 e. The summed E-state index contributed by atoms with van der Waals surface area (Å²) in [5.41, 5.74) is 2.14. The van der Waals surface area contributed by atoms with E-state index >= 15 is 0 Å². The maximum absolute atomic E-state index is 5.04. The van der Waals surface area contributed by atoms with Crippen molar-refractivity contribution in [3.63, 3.8) is 0 Å². The summed E-state index contributed by atoms with van der Waals surface area (Å²) in [4.78, 5) is 0. The van der Waals surface area contributed by atoms with E-state index in [4.69, 9.17) is 9.47 Å². The van der Waals surface area contributed by atoms with Gasteiger partial charge in [0, 0.05) is 15.2 Å². The molecule has 66 valence electrons. The van der Waals surface area contributed by atoms with Gasteiger partial charge in [0.1, 0.15) is 6.79 Å². The van der Waals surface area contributed by atoms with Gasteiger partial charge in [-0.25, -0.2) is 0 Å². The Hall–Kier alpha value is 0.474. The van der Waals surface area contributed by atoms with Crippen LogP contribution in [0.15, 0.2) is 5.70 Å². The fourth-order valence-electron chi connectivity index (χ4n) is 0.532. The van der Waals surface area contributed by atoms with E-state index in [1.165, 1.54) is 0 Å². The minimum Gasteiger partial charge on any atom is -0.478 e. The molecule has 0 rings (SSSR count). The van der Waals surface area contributed by atoms with Gasteiger partial charge in [0.05, 0.1) is 0 Å². The molecule has 0 aliphatic rings. The third-order valence-electron chi connectivity index (χ3n) is 0.922. The van der Waals surface area contributed by atoms with Crippen molar-refractivity contribution in [1.82, 2.24) is 0 Å². The molecule has 0 unspecified atom stereocenters. The van der Waals surface area contributed by atoms with Crippen molar-refractivity contribution < 1.29 is 28.3 Å². The molecule has 0 saturated heterocycles. The Labute approximate surface area is 88.5 Å². The molecule has 0 radical (unpaired) electrons. The summed E-state index contributed by atoms with van der Waals surface area (Å²) in [6.45, 7) is 7.67. The second-order valence-electron chi connectivity index (χ2n) is 3.47. The van der Waals surface area contributed by atoms with Crippen LogP contribution in [0.25, 0.3) is 0 Å². The van der Waals surface area contributed by atoms with Gasteiger partial charge >= 0.3 is 18.9 Å². The first kappa shape index (κ1) is 15.0. The fourth-order valence-corrected chi connectivity index (χ4v) is 1.23. The van der Waals surface area contributed by atoms with Crippen LogP contribution in [0.5, 0.6) is 0 Å². The van der Waals surface area contributed by atoms with E-state index in [1.54, 1.807) is 7.11 Å². The molecular weight excluding hydrogens is 163 g/mol. The monoisotopic (exact) mass is 180 g/mol. The Morgan fingerprint density at radius 2 is 1.92 bits per heavy atom. The summed E-state index contributed by atoms with van der Waals surface area (Å²) in [5, 5.41) is 0. The molecule has 0 heterocycles. The van der Waals surface area contributed by atoms with E-state index in [1.807, 2.05) is 0 Å². The Bertz CT molecular complexity index is 121. The summed E-state index contributed by atoms with van der Waals surface area (Å²) in [7, 11) is 0.539. The fraction of sp³-hybridized carbons (Fsp3) is 0.750. The summed E-state index contributed by atoms with van der Waals surface area (Å²) in [6.07, 6.45) is 3.09. The number of hydrogen-bond donors (Lipinski definition) is 0. The minimum absolute atomic E-state index is 0. The van der Waals surface area contributed by atoms with Gasteiger partial charge in [0.2, 0.25) is 0 Å². The van der Waals surface area contributed by atoms with Gasteiger partial charge < -0.3 is 15.5 Å². The summed E-state index contributed by atoms with van der Waals surface area (Å²) in [6, 6.07) is 0. The normalized spacial score (nSPS) is 11.7. The third-order valence-corrected chi connectivity index (χ3v) is 1.99. The second-order valence-corrected chi connectivity index (χ2v) is 8.49. The molecule has 0 amide bonds. The van der Waals surface area contributed by atoms with Crippen LogP contribution < -0.4 is 18.9 Å².